The number of phosphoric acid groups is 1. The van der Waals surface area contributed by atoms with E-state index >= 15 is 0 Å². The Morgan fingerprint density at radius 1 is 1.32 bits per heavy atom. The molecule has 0 rings (SSSR count). The molecule has 0 aliphatic heterocycles. The van der Waals surface area contributed by atoms with E-state index in [0.29, 0.717) is 0 Å². The largest absolute Gasteiger partial charge is 0.472 e. The third kappa shape index (κ3) is 8.54. The van der Waals surface area contributed by atoms with Crippen molar-refractivity contribution in [3.63, 3.8) is 0 Å². The van der Waals surface area contributed by atoms with Crippen LogP contribution < -0.4 is 10.6 Å². The highest BCUT2D eigenvalue weighted by molar-refractivity contribution is 7.47. The van der Waals surface area contributed by atoms with Crippen molar-refractivity contribution in [2.45, 2.75) is 6.18 Å². The van der Waals surface area contributed by atoms with Gasteiger partial charge in [0.2, 0.25) is 5.91 Å². The van der Waals surface area contributed by atoms with Gasteiger partial charge >= 0.3 is 19.9 Å². The lowest BCUT2D eigenvalue weighted by atomic mass is 10.5. The first-order chi connectivity index (χ1) is 8.58. The van der Waals surface area contributed by atoms with E-state index < -0.39 is 45.6 Å². The lowest BCUT2D eigenvalue weighted by Gasteiger charge is -2.12. The summed E-state index contributed by atoms with van der Waals surface area (Å²) in [6.07, 6.45) is -5.04. The Bertz CT molecular complexity index is 374. The first-order valence-electron chi connectivity index (χ1n) is 4.76. The van der Waals surface area contributed by atoms with Crippen molar-refractivity contribution in [1.29, 1.82) is 0 Å². The Morgan fingerprint density at radius 2 is 1.89 bits per heavy atom. The molecule has 3 N–H and O–H groups in total. The Morgan fingerprint density at radius 3 is 2.37 bits per heavy atom. The van der Waals surface area contributed by atoms with Crippen LogP contribution in [0.1, 0.15) is 0 Å². The molecule has 0 fully saturated rings. The summed E-state index contributed by atoms with van der Waals surface area (Å²) in [7, 11) is -3.29. The predicted molar refractivity (Wildman–Crippen MR) is 54.9 cm³/mol. The van der Waals surface area contributed by atoms with Crippen molar-refractivity contribution in [3.05, 3.63) is 0 Å². The van der Waals surface area contributed by atoms with Crippen molar-refractivity contribution >= 4 is 19.6 Å². The molecule has 0 saturated carbocycles. The molecule has 0 aromatic rings. The molecule has 0 aromatic heterocycles. The van der Waals surface area contributed by atoms with Crippen LogP contribution in [0, 0.1) is 0 Å². The van der Waals surface area contributed by atoms with Crippen molar-refractivity contribution in [1.82, 2.24) is 10.6 Å². The fourth-order valence-electron chi connectivity index (χ4n) is 0.675. The van der Waals surface area contributed by atoms with Crippen molar-refractivity contribution in [3.8, 4) is 0 Å². The lowest BCUT2D eigenvalue weighted by molar-refractivity contribution is -0.173. The summed E-state index contributed by atoms with van der Waals surface area (Å²) in [6, 6.07) is 0. The Labute approximate surface area is 105 Å². The molecule has 112 valence electrons. The highest BCUT2D eigenvalue weighted by Crippen LogP contribution is 2.42. The van der Waals surface area contributed by atoms with Gasteiger partial charge in [-0.05, 0) is 0 Å². The average Bonchev–Trinajstić information content (AvgIpc) is 2.30. The smallest absolute Gasteiger partial charge is 0.357 e. The highest BCUT2D eigenvalue weighted by Gasteiger charge is 2.38. The van der Waals surface area contributed by atoms with Gasteiger partial charge in [-0.15, -0.1) is 0 Å². The number of carbonyl (C=O) groups is 2. The van der Waals surface area contributed by atoms with E-state index in [1.54, 1.807) is 0 Å². The molecular weight excluding hydrogens is 296 g/mol. The van der Waals surface area contributed by atoms with E-state index in [1.807, 2.05) is 0 Å². The summed E-state index contributed by atoms with van der Waals surface area (Å²) in [4.78, 5) is 30.0. The number of carbonyl (C=O) groups excluding carboxylic acids is 2. The molecule has 0 saturated heterocycles. The van der Waals surface area contributed by atoms with Crippen molar-refractivity contribution < 1.29 is 41.3 Å². The summed E-state index contributed by atoms with van der Waals surface area (Å²) < 4.78 is 54.7. The maximum atomic E-state index is 11.7. The number of phosphoric ester groups is 1. The zero-order valence-corrected chi connectivity index (χ0v) is 10.6. The van der Waals surface area contributed by atoms with Gasteiger partial charge in [-0.3, -0.25) is 18.6 Å². The van der Waals surface area contributed by atoms with Crippen molar-refractivity contribution in [2.75, 3.05) is 26.8 Å². The van der Waals surface area contributed by atoms with Crippen LogP contribution in [0.3, 0.4) is 0 Å². The van der Waals surface area contributed by atoms with E-state index in [2.05, 4.69) is 14.4 Å². The number of amides is 2. The first-order valence-corrected chi connectivity index (χ1v) is 6.25. The van der Waals surface area contributed by atoms with Gasteiger partial charge < -0.3 is 15.5 Å². The third-order valence-electron chi connectivity index (χ3n) is 1.54. The minimum atomic E-state index is -5.04. The maximum Gasteiger partial charge on any atom is 0.472 e. The fraction of sp³-hybridized carbons (Fsp3) is 0.714. The molecule has 0 aliphatic rings. The van der Waals surface area contributed by atoms with Crippen LogP contribution >= 0.6 is 7.82 Å². The summed E-state index contributed by atoms with van der Waals surface area (Å²) in [6.45, 7) is -2.09. The monoisotopic (exact) mass is 308 g/mol. The predicted octanol–water partition coefficient (Wildman–Crippen LogP) is -0.456. The van der Waals surface area contributed by atoms with E-state index in [0.717, 1.165) is 0 Å². The van der Waals surface area contributed by atoms with Gasteiger partial charge in [0.25, 0.3) is 0 Å². The summed E-state index contributed by atoms with van der Waals surface area (Å²) >= 11 is 0. The highest BCUT2D eigenvalue weighted by atomic mass is 31.2. The van der Waals surface area contributed by atoms with Crippen LogP contribution in [0.5, 0.6) is 0 Å². The molecule has 0 spiro atoms. The van der Waals surface area contributed by atoms with E-state index in [-0.39, 0.29) is 0 Å². The van der Waals surface area contributed by atoms with Gasteiger partial charge in [-0.1, -0.05) is 0 Å². The summed E-state index contributed by atoms with van der Waals surface area (Å²) in [5.41, 5.74) is 0. The number of halogens is 3. The maximum absolute atomic E-state index is 11.7. The molecule has 19 heavy (non-hydrogen) atoms. The van der Waals surface area contributed by atoms with Gasteiger partial charge in [0.1, 0.15) is 6.61 Å². The minimum Gasteiger partial charge on any atom is -0.357 e. The van der Waals surface area contributed by atoms with Crippen LogP contribution in [0.2, 0.25) is 0 Å². The second-order valence-electron chi connectivity index (χ2n) is 3.00. The number of alkyl halides is 3. The molecule has 2 amide bonds. The Balaban J connectivity index is 3.90. The fourth-order valence-corrected chi connectivity index (χ4v) is 1.35. The van der Waals surface area contributed by atoms with Crippen LogP contribution in [0.25, 0.3) is 0 Å². The van der Waals surface area contributed by atoms with Gasteiger partial charge in [0.15, 0.2) is 0 Å². The number of hydrogen-bond donors (Lipinski definition) is 3. The Hall–Kier alpha value is -1.16. The quantitative estimate of drug-likeness (QED) is 0.433. The molecule has 12 heteroatoms. The van der Waals surface area contributed by atoms with Gasteiger partial charge in [-0.2, -0.15) is 13.2 Å². The third-order valence-corrected chi connectivity index (χ3v) is 2.50. The number of rotatable bonds is 7. The zero-order chi connectivity index (χ0) is 15.1. The van der Waals surface area contributed by atoms with E-state index in [9.17, 15) is 27.3 Å². The van der Waals surface area contributed by atoms with Crippen LogP contribution in [-0.2, 0) is 23.2 Å². The van der Waals surface area contributed by atoms with Crippen molar-refractivity contribution in [2.24, 2.45) is 0 Å². The standard InChI is InChI=1S/C7H12F3N2O6P/c1-11-5(13)4-18-19(15,16)17-3-2-12-6(14)7(8,9)10/h2-4H2,1H3,(H,11,13)(H,12,14)(H,15,16). The van der Waals surface area contributed by atoms with E-state index in [4.69, 9.17) is 4.89 Å². The van der Waals surface area contributed by atoms with Crippen LogP contribution in [0.15, 0.2) is 0 Å². The van der Waals surface area contributed by atoms with Gasteiger partial charge in [0, 0.05) is 13.6 Å². The van der Waals surface area contributed by atoms with Crippen LogP contribution in [0.4, 0.5) is 13.2 Å². The second kappa shape index (κ2) is 7.43. The number of likely N-dealkylation sites (N-methyl/N-ethyl adjacent to an activating group) is 1. The molecular formula is C7H12F3N2O6P. The average molecular weight is 308 g/mol. The SMILES string of the molecule is CNC(=O)COP(=O)(O)OCCNC(=O)C(F)(F)F. The molecule has 0 heterocycles. The molecule has 0 aliphatic carbocycles. The lowest BCUT2D eigenvalue weighted by Crippen LogP contribution is -2.38. The molecule has 0 radical (unpaired) electrons. The van der Waals surface area contributed by atoms with Crippen LogP contribution in [-0.4, -0.2) is 49.7 Å². The first kappa shape index (κ1) is 17.8. The van der Waals surface area contributed by atoms with Gasteiger partial charge in [-0.25, -0.2) is 4.57 Å². The number of nitrogens with one attached hydrogen (secondary N) is 2. The molecule has 0 aromatic carbocycles. The molecule has 0 bridgehead atoms. The minimum absolute atomic E-state index is 0.647. The molecule has 8 nitrogen and oxygen atoms in total. The Kier molecular flexibility index (Phi) is 6.98. The van der Waals surface area contributed by atoms with Gasteiger partial charge in [0.05, 0.1) is 6.61 Å². The zero-order valence-electron chi connectivity index (χ0n) is 9.69. The topological polar surface area (TPSA) is 114 Å². The summed E-state index contributed by atoms with van der Waals surface area (Å²) in [5.74, 6) is -2.89. The molecule has 1 unspecified atom stereocenters. The second-order valence-corrected chi connectivity index (χ2v) is 4.46. The summed E-state index contributed by atoms with van der Waals surface area (Å²) in [5, 5.41) is 3.52. The number of hydrogen-bond acceptors (Lipinski definition) is 5. The van der Waals surface area contributed by atoms with E-state index in [1.165, 1.54) is 12.4 Å². The molecule has 1 atom stereocenters. The normalized spacial score (nSPS) is 14.6.